The Labute approximate surface area is 68.4 Å². The highest BCUT2D eigenvalue weighted by Gasteiger charge is 2.20. The SMILES string of the molecule is CCN[C@H]1CCN(CCO)C1. The molecule has 1 aliphatic rings. The van der Waals surface area contributed by atoms with Gasteiger partial charge in [0.05, 0.1) is 6.61 Å². The predicted molar refractivity (Wildman–Crippen MR) is 45.6 cm³/mol. The second-order valence-electron chi connectivity index (χ2n) is 3.07. The Morgan fingerprint density at radius 3 is 3.09 bits per heavy atom. The number of rotatable bonds is 4. The molecule has 2 N–H and O–H groups in total. The van der Waals surface area contributed by atoms with Gasteiger partial charge >= 0.3 is 0 Å². The highest BCUT2D eigenvalue weighted by Crippen LogP contribution is 2.07. The van der Waals surface area contributed by atoms with E-state index < -0.39 is 0 Å². The molecule has 0 unspecified atom stereocenters. The van der Waals surface area contributed by atoms with Crippen molar-refractivity contribution >= 4 is 0 Å². The number of aliphatic hydroxyl groups is 1. The van der Waals surface area contributed by atoms with Crippen molar-refractivity contribution in [1.29, 1.82) is 0 Å². The van der Waals surface area contributed by atoms with Crippen molar-refractivity contribution in [2.45, 2.75) is 19.4 Å². The number of nitrogens with one attached hydrogen (secondary N) is 1. The molecule has 66 valence electrons. The van der Waals surface area contributed by atoms with Crippen molar-refractivity contribution in [1.82, 2.24) is 10.2 Å². The summed E-state index contributed by atoms with van der Waals surface area (Å²) >= 11 is 0. The normalized spacial score (nSPS) is 26.2. The highest BCUT2D eigenvalue weighted by molar-refractivity contribution is 4.79. The fourth-order valence-electron chi connectivity index (χ4n) is 1.63. The van der Waals surface area contributed by atoms with Crippen molar-refractivity contribution in [2.24, 2.45) is 0 Å². The summed E-state index contributed by atoms with van der Waals surface area (Å²) in [5.74, 6) is 0. The summed E-state index contributed by atoms with van der Waals surface area (Å²) in [6, 6.07) is 0.659. The summed E-state index contributed by atoms with van der Waals surface area (Å²) in [4.78, 5) is 2.30. The molecule has 0 aliphatic carbocycles. The molecule has 0 radical (unpaired) electrons. The molecule has 0 bridgehead atoms. The van der Waals surface area contributed by atoms with Gasteiger partial charge in [0.25, 0.3) is 0 Å². The molecule has 11 heavy (non-hydrogen) atoms. The summed E-state index contributed by atoms with van der Waals surface area (Å²) < 4.78 is 0. The van der Waals surface area contributed by atoms with Gasteiger partial charge in [-0.15, -0.1) is 0 Å². The van der Waals surface area contributed by atoms with Gasteiger partial charge in [-0.25, -0.2) is 0 Å². The second-order valence-corrected chi connectivity index (χ2v) is 3.07. The lowest BCUT2D eigenvalue weighted by Crippen LogP contribution is -2.33. The lowest BCUT2D eigenvalue weighted by molar-refractivity contribution is 0.219. The molecule has 0 aromatic heterocycles. The first-order valence-electron chi connectivity index (χ1n) is 4.43. The van der Waals surface area contributed by atoms with E-state index in [1.807, 2.05) is 0 Å². The molecule has 1 rings (SSSR count). The Morgan fingerprint density at radius 1 is 1.64 bits per heavy atom. The van der Waals surface area contributed by atoms with E-state index in [1.54, 1.807) is 0 Å². The number of β-amino-alcohol motifs (C(OH)–C–C–N with tert-alkyl or cyclic N) is 1. The van der Waals surface area contributed by atoms with Crippen LogP contribution < -0.4 is 5.32 Å². The maximum absolute atomic E-state index is 8.68. The van der Waals surface area contributed by atoms with Crippen LogP contribution in [0.3, 0.4) is 0 Å². The van der Waals surface area contributed by atoms with E-state index in [2.05, 4.69) is 17.1 Å². The number of hydrogen-bond donors (Lipinski definition) is 2. The van der Waals surface area contributed by atoms with Crippen molar-refractivity contribution in [3.8, 4) is 0 Å². The van der Waals surface area contributed by atoms with E-state index in [4.69, 9.17) is 5.11 Å². The summed E-state index contributed by atoms with van der Waals surface area (Å²) in [7, 11) is 0. The van der Waals surface area contributed by atoms with Crippen molar-refractivity contribution in [3.63, 3.8) is 0 Å². The van der Waals surface area contributed by atoms with Gasteiger partial charge in [0.1, 0.15) is 0 Å². The zero-order chi connectivity index (χ0) is 8.10. The van der Waals surface area contributed by atoms with Gasteiger partial charge in [-0.1, -0.05) is 6.92 Å². The maximum Gasteiger partial charge on any atom is 0.0558 e. The van der Waals surface area contributed by atoms with Gasteiger partial charge in [0.15, 0.2) is 0 Å². The Hall–Kier alpha value is -0.120. The van der Waals surface area contributed by atoms with Crippen molar-refractivity contribution in [2.75, 3.05) is 32.8 Å². The molecule has 1 heterocycles. The van der Waals surface area contributed by atoms with Crippen LogP contribution in [0.2, 0.25) is 0 Å². The molecule has 1 fully saturated rings. The number of nitrogens with zero attached hydrogens (tertiary/aromatic N) is 1. The van der Waals surface area contributed by atoms with E-state index in [0.717, 1.165) is 26.2 Å². The fraction of sp³-hybridized carbons (Fsp3) is 1.00. The van der Waals surface area contributed by atoms with Crippen molar-refractivity contribution < 1.29 is 5.11 Å². The molecular weight excluding hydrogens is 140 g/mol. The van der Waals surface area contributed by atoms with E-state index in [-0.39, 0.29) is 0 Å². The third-order valence-electron chi connectivity index (χ3n) is 2.18. The van der Waals surface area contributed by atoms with E-state index in [1.165, 1.54) is 6.42 Å². The highest BCUT2D eigenvalue weighted by atomic mass is 16.3. The van der Waals surface area contributed by atoms with Gasteiger partial charge in [-0.3, -0.25) is 4.90 Å². The second kappa shape index (κ2) is 4.70. The van der Waals surface area contributed by atoms with Crippen molar-refractivity contribution in [3.05, 3.63) is 0 Å². The van der Waals surface area contributed by atoms with Gasteiger partial charge in [0.2, 0.25) is 0 Å². The maximum atomic E-state index is 8.68. The van der Waals surface area contributed by atoms with Crippen LogP contribution in [0.5, 0.6) is 0 Å². The third-order valence-corrected chi connectivity index (χ3v) is 2.18. The van der Waals surface area contributed by atoms with Crippen LogP contribution in [0.1, 0.15) is 13.3 Å². The van der Waals surface area contributed by atoms with Gasteiger partial charge in [-0.05, 0) is 19.5 Å². The largest absolute Gasteiger partial charge is 0.395 e. The Morgan fingerprint density at radius 2 is 2.45 bits per heavy atom. The smallest absolute Gasteiger partial charge is 0.0558 e. The molecular formula is C8H18N2O. The number of likely N-dealkylation sites (tertiary alicyclic amines) is 1. The lowest BCUT2D eigenvalue weighted by atomic mass is 10.3. The summed E-state index contributed by atoms with van der Waals surface area (Å²) in [6.07, 6.45) is 1.23. The molecule has 3 heteroatoms. The molecule has 1 aliphatic heterocycles. The van der Waals surface area contributed by atoms with Crippen LogP contribution >= 0.6 is 0 Å². The fourth-order valence-corrected chi connectivity index (χ4v) is 1.63. The minimum atomic E-state index is 0.291. The first-order valence-corrected chi connectivity index (χ1v) is 4.43. The van der Waals surface area contributed by atoms with Gasteiger partial charge < -0.3 is 10.4 Å². The standard InChI is InChI=1S/C8H18N2O/c1-2-9-8-3-4-10(7-8)5-6-11/h8-9,11H,2-7H2,1H3/t8-/m0/s1. The minimum Gasteiger partial charge on any atom is -0.395 e. The summed E-state index contributed by atoms with van der Waals surface area (Å²) in [5.41, 5.74) is 0. The van der Waals surface area contributed by atoms with Crippen LogP contribution in [0, 0.1) is 0 Å². The number of hydrogen-bond acceptors (Lipinski definition) is 3. The topological polar surface area (TPSA) is 35.5 Å². The van der Waals surface area contributed by atoms with Crippen LogP contribution in [-0.4, -0.2) is 48.8 Å². The number of aliphatic hydroxyl groups excluding tert-OH is 1. The molecule has 0 aromatic rings. The Bertz CT molecular complexity index is 96.3. The van der Waals surface area contributed by atoms with E-state index in [0.29, 0.717) is 12.6 Å². The van der Waals surface area contributed by atoms with Crippen LogP contribution in [0.4, 0.5) is 0 Å². The zero-order valence-electron chi connectivity index (χ0n) is 7.21. The average molecular weight is 158 g/mol. The predicted octanol–water partition coefficient (Wildman–Crippen LogP) is -0.337. The molecule has 0 amide bonds. The average Bonchev–Trinajstić information content (AvgIpc) is 2.38. The van der Waals surface area contributed by atoms with E-state index in [9.17, 15) is 0 Å². The first-order chi connectivity index (χ1) is 5.36. The quantitative estimate of drug-likeness (QED) is 0.587. The Balaban J connectivity index is 2.12. The van der Waals surface area contributed by atoms with Crippen LogP contribution in [0.25, 0.3) is 0 Å². The number of likely N-dealkylation sites (N-methyl/N-ethyl adjacent to an activating group) is 1. The molecule has 0 aromatic carbocycles. The van der Waals surface area contributed by atoms with Crippen LogP contribution in [0.15, 0.2) is 0 Å². The Kier molecular flexibility index (Phi) is 3.83. The van der Waals surface area contributed by atoms with Gasteiger partial charge in [0, 0.05) is 19.1 Å². The van der Waals surface area contributed by atoms with Crippen LogP contribution in [-0.2, 0) is 0 Å². The molecule has 0 spiro atoms. The first kappa shape index (κ1) is 8.97. The zero-order valence-corrected chi connectivity index (χ0v) is 7.21. The molecule has 0 saturated carbocycles. The minimum absolute atomic E-state index is 0.291. The monoisotopic (exact) mass is 158 g/mol. The molecule has 1 atom stereocenters. The molecule has 1 saturated heterocycles. The van der Waals surface area contributed by atoms with Gasteiger partial charge in [-0.2, -0.15) is 0 Å². The molecule has 3 nitrogen and oxygen atoms in total. The van der Waals surface area contributed by atoms with E-state index >= 15 is 0 Å². The summed E-state index contributed by atoms with van der Waals surface area (Å²) in [5, 5.41) is 12.1. The third kappa shape index (κ3) is 2.77. The summed E-state index contributed by atoms with van der Waals surface area (Å²) in [6.45, 7) is 6.56. The lowest BCUT2D eigenvalue weighted by Gasteiger charge is -2.14.